The molecule has 0 saturated carbocycles. The van der Waals surface area contributed by atoms with E-state index in [1.165, 1.54) is 0 Å². The number of aliphatic hydroxyl groups is 1. The van der Waals surface area contributed by atoms with Crippen molar-refractivity contribution in [3.63, 3.8) is 0 Å². The van der Waals surface area contributed by atoms with E-state index in [0.29, 0.717) is 71.9 Å². The molecule has 5 aromatic carbocycles. The first-order chi connectivity index (χ1) is 38.0. The molecule has 10 nitrogen and oxygen atoms in total. The lowest BCUT2D eigenvalue weighted by Crippen LogP contribution is -2.49. The summed E-state index contributed by atoms with van der Waals surface area (Å²) in [4.78, 5) is 0. The van der Waals surface area contributed by atoms with Crippen molar-refractivity contribution >= 4 is 40.2 Å². The Morgan fingerprint density at radius 2 is 1.13 bits per heavy atom. The van der Waals surface area contributed by atoms with E-state index >= 15 is 0 Å². The first-order valence-electron chi connectivity index (χ1n) is 28.2. The molecule has 2 heterocycles. The fourth-order valence-corrected chi connectivity index (χ4v) is 11.6. The largest absolute Gasteiger partial charge is 0.497 e. The van der Waals surface area contributed by atoms with E-state index in [0.717, 1.165) is 54.5 Å². The lowest BCUT2D eigenvalue weighted by atomic mass is 9.89. The van der Waals surface area contributed by atoms with Gasteiger partial charge >= 0.3 is 0 Å². The summed E-state index contributed by atoms with van der Waals surface area (Å²) in [7, 11) is -0.630. The van der Waals surface area contributed by atoms with Gasteiger partial charge in [-0.05, 0) is 133 Å². The maximum Gasteiger partial charge on any atom is 0.192 e. The van der Waals surface area contributed by atoms with Crippen LogP contribution in [-0.2, 0) is 70.6 Å². The Balaban J connectivity index is 1.17. The fourth-order valence-electron chi connectivity index (χ4n) is 9.72. The molecule has 13 heteroatoms. The van der Waals surface area contributed by atoms with Gasteiger partial charge in [0, 0.05) is 21.3 Å². The van der Waals surface area contributed by atoms with Crippen molar-refractivity contribution in [3.05, 3.63) is 194 Å². The van der Waals surface area contributed by atoms with E-state index in [-0.39, 0.29) is 47.7 Å². The molecule has 7 rings (SSSR count). The number of aliphatic hydroxyl groups excluding tert-OH is 1. The molecule has 1 saturated heterocycles. The van der Waals surface area contributed by atoms with E-state index in [2.05, 4.69) is 127 Å². The maximum atomic E-state index is 12.6. The predicted octanol–water partition coefficient (Wildman–Crippen LogP) is 15.7. The molecule has 0 aliphatic carbocycles. The SMILES string of the molecule is COc1ccc(CO[C@@H]2C[C@H](C)C[C@H](OCc3ccc(Br)cc3)[C@@H](OCc3ccc(Br)cc3)O[C@H]2C[C@H](O)/C(C)=C/C[C@H]2O[C@@H](COCc3ccccc3)[C@H](COCc3ccccc3)C/C=C\C[C@@H]2O[Si](C)(C)C(C)(C)C)cc1. The standard InChI is InChI=1S/C66H86Br2O10Si/c1-47-37-61(73-42-53-28-34-57(70-6)35-29-53)62(77-65(75-44-52-26-32-56(68)33-27-52)63(38-47)74-43-51-24-30-55(67)31-25-51)39-58(69)48(2)23-36-59-60(78-79(7,8)66(3,4)5)22-16-15-21-54(45-71-40-49-17-11-9-12-18-49)64(76-59)46-72-41-50-19-13-10-14-20-50/h9-20,23-35,47,54,58-65,69H,21-22,36-46H2,1-8H3/b16-15-,48-23+/t47-,54-,58-,59+,60-,61+,62-,63-,64-,65-/m0/s1. The van der Waals surface area contributed by atoms with Crippen molar-refractivity contribution < 1.29 is 47.4 Å². The van der Waals surface area contributed by atoms with Crippen molar-refractivity contribution in [1.29, 1.82) is 0 Å². The van der Waals surface area contributed by atoms with Gasteiger partial charge in [-0.2, -0.15) is 0 Å². The summed E-state index contributed by atoms with van der Waals surface area (Å²) in [6.45, 7) is 18.6. The minimum atomic E-state index is -2.30. The smallest absolute Gasteiger partial charge is 0.192 e. The first-order valence-corrected chi connectivity index (χ1v) is 32.7. The predicted molar refractivity (Wildman–Crippen MR) is 324 cm³/mol. The molecule has 1 N–H and O–H groups in total. The zero-order valence-corrected chi connectivity index (χ0v) is 51.9. The van der Waals surface area contributed by atoms with E-state index < -0.39 is 32.9 Å². The normalized spacial score (nSPS) is 24.3. The van der Waals surface area contributed by atoms with Gasteiger partial charge in [0.15, 0.2) is 14.6 Å². The number of allylic oxidation sites excluding steroid dienone is 1. The first kappa shape index (κ1) is 62.8. The molecule has 10 atom stereocenters. The van der Waals surface area contributed by atoms with E-state index in [9.17, 15) is 5.11 Å². The summed E-state index contributed by atoms with van der Waals surface area (Å²) in [6, 6.07) is 44.8. The van der Waals surface area contributed by atoms with Crippen molar-refractivity contribution in [2.24, 2.45) is 11.8 Å². The van der Waals surface area contributed by atoms with Crippen LogP contribution in [0, 0.1) is 11.8 Å². The molecule has 0 radical (unpaired) electrons. The van der Waals surface area contributed by atoms with Crippen molar-refractivity contribution in [3.8, 4) is 5.75 Å². The molecular weight excluding hydrogens is 1140 g/mol. The lowest BCUT2D eigenvalue weighted by Gasteiger charge is -2.42. The number of benzene rings is 5. The molecule has 0 amide bonds. The van der Waals surface area contributed by atoms with Gasteiger partial charge in [0.1, 0.15) is 11.9 Å². The lowest BCUT2D eigenvalue weighted by molar-refractivity contribution is -0.266. The van der Waals surface area contributed by atoms with Crippen LogP contribution in [0.3, 0.4) is 0 Å². The quantitative estimate of drug-likeness (QED) is 0.0449. The van der Waals surface area contributed by atoms with Gasteiger partial charge in [0.2, 0.25) is 0 Å². The Morgan fingerprint density at radius 1 is 0.620 bits per heavy atom. The third-order valence-electron chi connectivity index (χ3n) is 15.6. The summed E-state index contributed by atoms with van der Waals surface area (Å²) < 4.78 is 62.9. The highest BCUT2D eigenvalue weighted by atomic mass is 79.9. The summed E-state index contributed by atoms with van der Waals surface area (Å²) in [6.07, 6.45) is 6.36. The van der Waals surface area contributed by atoms with Crippen LogP contribution in [0.5, 0.6) is 5.75 Å². The highest BCUT2D eigenvalue weighted by molar-refractivity contribution is 9.10. The number of hydrogen-bond donors (Lipinski definition) is 1. The number of hydrogen-bond acceptors (Lipinski definition) is 10. The van der Waals surface area contributed by atoms with Crippen LogP contribution in [0.15, 0.2) is 166 Å². The molecule has 2 aliphatic rings. The Bertz CT molecular complexity index is 2580. The second-order valence-corrected chi connectivity index (χ2v) is 29.6. The molecule has 0 unspecified atom stereocenters. The van der Waals surface area contributed by atoms with Gasteiger partial charge in [-0.1, -0.05) is 175 Å². The summed E-state index contributed by atoms with van der Waals surface area (Å²) in [5.74, 6) is 0.958. The van der Waals surface area contributed by atoms with Crippen LogP contribution in [0.1, 0.15) is 101 Å². The van der Waals surface area contributed by atoms with Gasteiger partial charge in [-0.25, -0.2) is 0 Å². The molecule has 0 spiro atoms. The van der Waals surface area contributed by atoms with Gasteiger partial charge < -0.3 is 47.4 Å². The third-order valence-corrected chi connectivity index (χ3v) is 21.2. The van der Waals surface area contributed by atoms with Gasteiger partial charge in [-0.15, -0.1) is 0 Å². The Labute approximate surface area is 489 Å². The molecule has 79 heavy (non-hydrogen) atoms. The highest BCUT2D eigenvalue weighted by Gasteiger charge is 2.42. The maximum absolute atomic E-state index is 12.6. The molecule has 0 bridgehead atoms. The minimum absolute atomic E-state index is 0.0100. The molecule has 5 aromatic rings. The molecule has 0 aromatic heterocycles. The summed E-state index contributed by atoms with van der Waals surface area (Å²) in [5, 5.41) is 12.5. The Hall–Kier alpha value is -3.80. The van der Waals surface area contributed by atoms with Crippen molar-refractivity contribution in [2.45, 2.75) is 173 Å². The fraction of sp³-hybridized carbons (Fsp3) is 0.485. The van der Waals surface area contributed by atoms with E-state index in [1.807, 2.05) is 104 Å². The van der Waals surface area contributed by atoms with Crippen LogP contribution in [0.2, 0.25) is 18.1 Å². The zero-order chi connectivity index (χ0) is 56.2. The van der Waals surface area contributed by atoms with Crippen molar-refractivity contribution in [2.75, 3.05) is 20.3 Å². The van der Waals surface area contributed by atoms with Crippen molar-refractivity contribution in [1.82, 2.24) is 0 Å². The average Bonchev–Trinajstić information content (AvgIpc) is 3.51. The van der Waals surface area contributed by atoms with Crippen LogP contribution in [0.25, 0.3) is 0 Å². The average molecular weight is 1230 g/mol. The van der Waals surface area contributed by atoms with E-state index in [4.69, 9.17) is 42.3 Å². The molecular formula is C66H86Br2O10Si. The Kier molecular flexibility index (Phi) is 25.1. The van der Waals surface area contributed by atoms with Crippen LogP contribution < -0.4 is 4.74 Å². The Morgan fingerprint density at radius 3 is 1.70 bits per heavy atom. The van der Waals surface area contributed by atoms with E-state index in [1.54, 1.807) is 7.11 Å². The summed E-state index contributed by atoms with van der Waals surface area (Å²) >= 11 is 7.16. The highest BCUT2D eigenvalue weighted by Crippen LogP contribution is 2.40. The summed E-state index contributed by atoms with van der Waals surface area (Å²) in [5.41, 5.74) is 6.11. The van der Waals surface area contributed by atoms with Crippen LogP contribution >= 0.6 is 31.9 Å². The van der Waals surface area contributed by atoms with Gasteiger partial charge in [0.05, 0.1) is 90.0 Å². The van der Waals surface area contributed by atoms with Crippen LogP contribution in [0.4, 0.5) is 0 Å². The zero-order valence-electron chi connectivity index (χ0n) is 47.8. The number of methoxy groups -OCH3 is 1. The monoisotopic (exact) mass is 1220 g/mol. The van der Waals surface area contributed by atoms with Crippen LogP contribution in [-0.4, -0.2) is 82.8 Å². The second kappa shape index (κ2) is 31.6. The molecule has 2 aliphatic heterocycles. The number of halogens is 2. The molecule has 1 fully saturated rings. The van der Waals surface area contributed by atoms with Gasteiger partial charge in [-0.3, -0.25) is 0 Å². The second-order valence-electron chi connectivity index (χ2n) is 23.0. The third kappa shape index (κ3) is 20.5. The van der Waals surface area contributed by atoms with Gasteiger partial charge in [0.25, 0.3) is 0 Å². The molecule has 428 valence electrons. The minimum Gasteiger partial charge on any atom is -0.497 e. The number of ether oxygens (including phenoxy) is 8. The topological polar surface area (TPSA) is 103 Å². The number of rotatable bonds is 25.